The van der Waals surface area contributed by atoms with Crippen molar-refractivity contribution in [2.24, 2.45) is 0 Å². The molecule has 0 saturated carbocycles. The molecule has 2 aromatic rings. The van der Waals surface area contributed by atoms with Crippen LogP contribution in [0, 0.1) is 13.8 Å². The fourth-order valence-electron chi connectivity index (χ4n) is 2.86. The molecule has 0 aliphatic heterocycles. The molecule has 164 valence electrons. The van der Waals surface area contributed by atoms with Gasteiger partial charge in [0.05, 0.1) is 11.4 Å². The number of nitrogens with one attached hydrogen (secondary N) is 1. The van der Waals surface area contributed by atoms with E-state index in [4.69, 9.17) is 9.47 Å². The highest BCUT2D eigenvalue weighted by atomic mass is 32.2. The lowest BCUT2D eigenvalue weighted by molar-refractivity contribution is -0.128. The molecule has 8 heteroatoms. The van der Waals surface area contributed by atoms with Crippen LogP contribution in [0.3, 0.4) is 0 Å². The van der Waals surface area contributed by atoms with Crippen molar-refractivity contribution in [3.8, 4) is 11.5 Å². The number of nitrogens with zero attached hydrogens (tertiary/aromatic N) is 1. The first-order chi connectivity index (χ1) is 14.1. The zero-order valence-electron chi connectivity index (χ0n) is 18.1. The number of hydrogen-bond donors (Lipinski definition) is 1. The molecule has 0 heterocycles. The Kier molecular flexibility index (Phi) is 8.25. The number of ether oxygens (including phenoxy) is 2. The molecule has 1 atom stereocenters. The fraction of sp³-hybridized carbons (Fsp3) is 0.409. The van der Waals surface area contributed by atoms with E-state index in [2.05, 4.69) is 5.32 Å². The van der Waals surface area contributed by atoms with Crippen LogP contribution in [0.25, 0.3) is 0 Å². The van der Waals surface area contributed by atoms with Gasteiger partial charge in [0.25, 0.3) is 5.91 Å². The van der Waals surface area contributed by atoms with Gasteiger partial charge in [-0.15, -0.1) is 0 Å². The number of carbonyl (C=O) groups is 1. The Labute approximate surface area is 179 Å². The maximum Gasteiger partial charge on any atom is 0.261 e. The number of carbonyl (C=O) groups excluding carboxylic acids is 1. The van der Waals surface area contributed by atoms with Gasteiger partial charge in [-0.05, 0) is 67.8 Å². The molecule has 0 radical (unpaired) electrons. The molecule has 0 saturated heterocycles. The molecular weight excluding hydrogens is 404 g/mol. The highest BCUT2D eigenvalue weighted by Gasteiger charge is 2.19. The van der Waals surface area contributed by atoms with Crippen LogP contribution >= 0.6 is 0 Å². The normalized spacial score (nSPS) is 12.5. The molecule has 0 spiro atoms. The zero-order valence-corrected chi connectivity index (χ0v) is 19.0. The Bertz CT molecular complexity index is 936. The molecule has 0 aromatic heterocycles. The van der Waals surface area contributed by atoms with Crippen molar-refractivity contribution in [3.63, 3.8) is 0 Å². The summed E-state index contributed by atoms with van der Waals surface area (Å²) in [6.45, 7) is 6.43. The topological polar surface area (TPSA) is 84.9 Å². The molecule has 7 nitrogen and oxygen atoms in total. The van der Waals surface area contributed by atoms with Crippen LogP contribution in [0.2, 0.25) is 0 Å². The average molecular weight is 435 g/mol. The van der Waals surface area contributed by atoms with Crippen LogP contribution in [-0.4, -0.2) is 52.0 Å². The Morgan fingerprint density at radius 3 is 2.17 bits per heavy atom. The monoisotopic (exact) mass is 434 g/mol. The minimum absolute atomic E-state index is 0.197. The Morgan fingerprint density at radius 2 is 1.63 bits per heavy atom. The van der Waals surface area contributed by atoms with E-state index in [-0.39, 0.29) is 17.4 Å². The maximum absolute atomic E-state index is 12.4. The number of benzene rings is 2. The smallest absolute Gasteiger partial charge is 0.261 e. The van der Waals surface area contributed by atoms with Crippen LogP contribution in [0.4, 0.5) is 0 Å². The number of hydrogen-bond acceptors (Lipinski definition) is 5. The molecule has 0 fully saturated rings. The molecule has 2 aromatic carbocycles. The van der Waals surface area contributed by atoms with E-state index in [1.165, 1.54) is 26.2 Å². The summed E-state index contributed by atoms with van der Waals surface area (Å²) in [6.07, 6.45) is -0.0386. The van der Waals surface area contributed by atoms with E-state index in [1.807, 2.05) is 39.0 Å². The van der Waals surface area contributed by atoms with Gasteiger partial charge in [0.15, 0.2) is 6.10 Å². The fourth-order valence-corrected chi connectivity index (χ4v) is 3.76. The van der Waals surface area contributed by atoms with Crippen LogP contribution in [0.1, 0.15) is 24.5 Å². The summed E-state index contributed by atoms with van der Waals surface area (Å²) in [7, 11) is -0.503. The first kappa shape index (κ1) is 23.7. The molecule has 0 bridgehead atoms. The second-order valence-electron chi connectivity index (χ2n) is 7.24. The molecule has 0 aliphatic rings. The van der Waals surface area contributed by atoms with Gasteiger partial charge in [-0.25, -0.2) is 12.7 Å². The lowest BCUT2D eigenvalue weighted by Crippen LogP contribution is -2.39. The quantitative estimate of drug-likeness (QED) is 0.581. The first-order valence-electron chi connectivity index (χ1n) is 9.81. The van der Waals surface area contributed by atoms with Gasteiger partial charge in [0, 0.05) is 14.1 Å². The van der Waals surface area contributed by atoms with E-state index in [1.54, 1.807) is 12.1 Å². The first-order valence-corrected chi connectivity index (χ1v) is 11.3. The second kappa shape index (κ2) is 10.4. The minimum atomic E-state index is -3.47. The molecule has 0 aliphatic carbocycles. The van der Waals surface area contributed by atoms with E-state index in [0.717, 1.165) is 15.4 Å². The predicted molar refractivity (Wildman–Crippen MR) is 116 cm³/mol. The Balaban J connectivity index is 1.83. The molecule has 1 N–H and O–H groups in total. The van der Waals surface area contributed by atoms with Crippen LogP contribution < -0.4 is 14.8 Å². The van der Waals surface area contributed by atoms with E-state index >= 15 is 0 Å². The van der Waals surface area contributed by atoms with Gasteiger partial charge in [0.1, 0.15) is 18.1 Å². The molecule has 2 rings (SSSR count). The van der Waals surface area contributed by atoms with E-state index in [0.29, 0.717) is 24.5 Å². The summed E-state index contributed by atoms with van der Waals surface area (Å²) in [5.74, 6) is 1.01. The van der Waals surface area contributed by atoms with Crippen molar-refractivity contribution in [1.29, 1.82) is 0 Å². The molecular formula is C22H30N2O5S. The van der Waals surface area contributed by atoms with Crippen molar-refractivity contribution in [2.75, 3.05) is 27.2 Å². The van der Waals surface area contributed by atoms with Gasteiger partial charge >= 0.3 is 0 Å². The summed E-state index contributed by atoms with van der Waals surface area (Å²) in [5, 5.41) is 2.81. The van der Waals surface area contributed by atoms with Crippen molar-refractivity contribution >= 4 is 15.9 Å². The van der Waals surface area contributed by atoms with Crippen LogP contribution in [0.5, 0.6) is 11.5 Å². The van der Waals surface area contributed by atoms with Crippen molar-refractivity contribution in [2.45, 2.75) is 38.2 Å². The molecule has 30 heavy (non-hydrogen) atoms. The highest BCUT2D eigenvalue weighted by molar-refractivity contribution is 7.89. The number of aryl methyl sites for hydroxylation is 2. The van der Waals surface area contributed by atoms with Gasteiger partial charge in [-0.1, -0.05) is 13.0 Å². The van der Waals surface area contributed by atoms with Gasteiger partial charge in [0.2, 0.25) is 10.0 Å². The Morgan fingerprint density at radius 1 is 1.03 bits per heavy atom. The van der Waals surface area contributed by atoms with Crippen molar-refractivity contribution < 1.29 is 22.7 Å². The van der Waals surface area contributed by atoms with Crippen molar-refractivity contribution in [3.05, 3.63) is 53.6 Å². The summed E-state index contributed by atoms with van der Waals surface area (Å²) in [6, 6.07) is 12.0. The van der Waals surface area contributed by atoms with Gasteiger partial charge in [-0.2, -0.15) is 0 Å². The van der Waals surface area contributed by atoms with Crippen LogP contribution in [-0.2, 0) is 14.8 Å². The van der Waals surface area contributed by atoms with E-state index in [9.17, 15) is 13.2 Å². The van der Waals surface area contributed by atoms with Crippen LogP contribution in [0.15, 0.2) is 47.4 Å². The largest absolute Gasteiger partial charge is 0.492 e. The third kappa shape index (κ3) is 6.47. The standard InChI is InChI=1S/C22H30N2O5S/c1-6-21(29-19-14-16(2)13-17(3)15-19)22(25)23-11-12-28-18-7-9-20(10-8-18)30(26,27)24(4)5/h7-10,13-15,21H,6,11-12H2,1-5H3,(H,23,25)/t21-/m1/s1. The SMILES string of the molecule is CC[C@@H](Oc1cc(C)cc(C)c1)C(=O)NCCOc1ccc(S(=O)(=O)N(C)C)cc1. The lowest BCUT2D eigenvalue weighted by Gasteiger charge is -2.18. The third-order valence-electron chi connectivity index (χ3n) is 4.41. The number of amides is 1. The predicted octanol–water partition coefficient (Wildman–Crippen LogP) is 2.91. The Hall–Kier alpha value is -2.58. The number of rotatable bonds is 10. The average Bonchev–Trinajstić information content (AvgIpc) is 2.68. The molecule has 1 amide bonds. The van der Waals surface area contributed by atoms with E-state index < -0.39 is 16.1 Å². The third-order valence-corrected chi connectivity index (χ3v) is 6.24. The minimum Gasteiger partial charge on any atom is -0.492 e. The van der Waals surface area contributed by atoms with Gasteiger partial charge < -0.3 is 14.8 Å². The number of sulfonamides is 1. The van der Waals surface area contributed by atoms with Crippen molar-refractivity contribution in [1.82, 2.24) is 9.62 Å². The second-order valence-corrected chi connectivity index (χ2v) is 9.39. The lowest BCUT2D eigenvalue weighted by atomic mass is 10.1. The van der Waals surface area contributed by atoms with Gasteiger partial charge in [-0.3, -0.25) is 4.79 Å². The highest BCUT2D eigenvalue weighted by Crippen LogP contribution is 2.19. The summed E-state index contributed by atoms with van der Waals surface area (Å²) < 4.78 is 36.7. The zero-order chi connectivity index (χ0) is 22.3. The summed E-state index contributed by atoms with van der Waals surface area (Å²) in [4.78, 5) is 12.6. The summed E-state index contributed by atoms with van der Waals surface area (Å²) in [5.41, 5.74) is 2.16. The summed E-state index contributed by atoms with van der Waals surface area (Å²) >= 11 is 0. The molecule has 0 unspecified atom stereocenters. The maximum atomic E-state index is 12.4.